The largest absolute Gasteiger partial charge is 0.300 e. The van der Waals surface area contributed by atoms with Crippen molar-refractivity contribution < 1.29 is 55.8 Å². The van der Waals surface area contributed by atoms with Gasteiger partial charge in [-0.05, 0) is 199 Å². The number of halogens is 2. The summed E-state index contributed by atoms with van der Waals surface area (Å²) in [4.78, 5) is 0. The van der Waals surface area contributed by atoms with E-state index in [-0.39, 0.29) is 33.4 Å². The molecule has 4 aliphatic rings. The third-order valence-corrected chi connectivity index (χ3v) is 20.4. The Kier molecular flexibility index (Phi) is 11.5. The summed E-state index contributed by atoms with van der Waals surface area (Å²) in [6.07, 6.45) is 6.64. The van der Waals surface area contributed by atoms with Crippen LogP contribution in [0.3, 0.4) is 0 Å². The van der Waals surface area contributed by atoms with Gasteiger partial charge in [-0.3, -0.25) is 0 Å². The Balaban J connectivity index is 0.000000138. The molecule has 6 heteroatoms. The summed E-state index contributed by atoms with van der Waals surface area (Å²) < 4.78 is 208. The second-order valence-electron chi connectivity index (χ2n) is 27.5. The second kappa shape index (κ2) is 24.6. The van der Waals surface area contributed by atoms with Crippen molar-refractivity contribution in [3.8, 4) is 89.5 Å². The van der Waals surface area contributed by atoms with Crippen molar-refractivity contribution in [2.24, 2.45) is 28.2 Å². The SMILES string of the molecule is Cc1ccc2c(c1-c1cccc[n+]1C)C(F)(F)c1ccccc1-2.[2H]C([2H])([2H])c1ccc(-c2c(C)ccc3c2C(C)(C([2H])([2H])[2H])c2cc(C)ccc2-3)[n+](C)c1.[2H]C([2H])([2H])c1ccc(-c2c(C)ccc3c2C(C)(C([2H])([2H])[2H])c2ccc(C)cc2-3)[n+](C)c1.[2H]C([2H])([2H])c1ccc(-c2c(C)ccc3c2C(C)(C([2H])([2H])[2H])c2cccc(C([2H])([2H])[2H])c2-3)[n+](C)c1. The Hall–Kier alpha value is -9.78. The number of aromatic nitrogens is 4. The first-order valence-electron chi connectivity index (χ1n) is 43.4. The first-order valence-corrected chi connectivity index (χ1v) is 32.9. The molecule has 0 fully saturated rings. The number of benzene rings is 8. The van der Waals surface area contributed by atoms with Gasteiger partial charge >= 0.3 is 0 Å². The van der Waals surface area contributed by atoms with E-state index in [0.29, 0.717) is 50.2 Å². The Bertz CT molecular complexity index is 6120. The zero-order valence-corrected chi connectivity index (χ0v) is 57.7. The van der Waals surface area contributed by atoms with Crippen LogP contribution in [0.2, 0.25) is 0 Å². The van der Waals surface area contributed by atoms with Crippen LogP contribution in [0, 0.1) is 68.9 Å². The predicted octanol–water partition coefficient (Wildman–Crippen LogP) is 20.8. The van der Waals surface area contributed by atoms with Gasteiger partial charge in [0.1, 0.15) is 28.2 Å². The zero-order valence-electron chi connectivity index (χ0n) is 78.7. The normalized spacial score (nSPS) is 21.4. The Labute approximate surface area is 610 Å². The van der Waals surface area contributed by atoms with E-state index in [1.54, 1.807) is 108 Å². The van der Waals surface area contributed by atoms with Crippen LogP contribution in [0.4, 0.5) is 8.78 Å². The van der Waals surface area contributed by atoms with Crippen molar-refractivity contribution in [3.05, 3.63) is 307 Å². The fourth-order valence-electron chi connectivity index (χ4n) is 15.7. The summed E-state index contributed by atoms with van der Waals surface area (Å²) in [5.74, 6) is -2.98. The Morgan fingerprint density at radius 2 is 0.704 bits per heavy atom. The maximum atomic E-state index is 15.2. The van der Waals surface area contributed by atoms with Crippen molar-refractivity contribution >= 4 is 0 Å². The molecule has 8 aromatic carbocycles. The fraction of sp³-hybridized carbons (Fsp3) is 0.261. The number of rotatable bonds is 4. The number of fused-ring (bicyclic) bond motifs is 12. The van der Waals surface area contributed by atoms with Gasteiger partial charge in [0.25, 0.3) is 5.92 Å². The minimum absolute atomic E-state index is 0.0976. The average molecular weight is 1310 g/mol. The molecule has 0 spiro atoms. The highest BCUT2D eigenvalue weighted by atomic mass is 19.3. The van der Waals surface area contributed by atoms with E-state index >= 15 is 8.78 Å². The van der Waals surface area contributed by atoms with E-state index in [4.69, 9.17) is 28.8 Å². The van der Waals surface area contributed by atoms with Gasteiger partial charge in [-0.2, -0.15) is 8.78 Å². The predicted molar refractivity (Wildman–Crippen MR) is 401 cm³/mol. The van der Waals surface area contributed by atoms with Crippen LogP contribution >= 0.6 is 0 Å². The molecule has 0 saturated carbocycles. The highest BCUT2D eigenvalue weighted by Crippen LogP contribution is 2.58. The van der Waals surface area contributed by atoms with Crippen molar-refractivity contribution in [2.45, 2.75) is 132 Å². The van der Waals surface area contributed by atoms with Crippen LogP contribution in [0.1, 0.15) is 170 Å². The van der Waals surface area contributed by atoms with Crippen molar-refractivity contribution in [2.75, 3.05) is 0 Å². The lowest BCUT2D eigenvalue weighted by atomic mass is 9.78. The van der Waals surface area contributed by atoms with Crippen LogP contribution < -0.4 is 18.3 Å². The highest BCUT2D eigenvalue weighted by molar-refractivity contribution is 5.92. The van der Waals surface area contributed by atoms with E-state index in [1.807, 2.05) is 177 Å². The fourth-order valence-corrected chi connectivity index (χ4v) is 15.7. The van der Waals surface area contributed by atoms with Gasteiger partial charge < -0.3 is 0 Å². The standard InChI is InChI=1S/3C24H26N.C20H16F2N/c1-15-7-11-20-19(13-15)18-10-9-17(3)22(23(18)24(20,4)5)21-12-8-16(2)14-25(21)6;1-15-7-10-18-19-11-9-17(3)22(21-12-8-16(2)14-25(21)6)23(19)24(4,5)20(18)13-15;1-15-10-13-20(25(6)14-15)22-17(3)11-12-18-21-16(2)8-7-9-19(21)24(4,5)23(18)22;1-13-10-11-15-14-7-3-4-8-16(14)20(21,22)19(15)18(13)17-9-5-6-12-23(17)2/h3*7-14H,1-6H3;3-12H,1-2H3/q4*+1/i2*2D3,4D3;1D3,2D3,4D3;. The molecular formula is C92H94F2N4+4. The molecule has 4 aliphatic carbocycles. The summed E-state index contributed by atoms with van der Waals surface area (Å²) in [6.45, 7) is 0.861. The van der Waals surface area contributed by atoms with Crippen molar-refractivity contribution in [1.29, 1.82) is 0 Å². The maximum Gasteiger partial charge on any atom is 0.300 e. The lowest BCUT2D eigenvalue weighted by Gasteiger charge is -2.25. The zero-order chi connectivity index (χ0) is 87.5. The Morgan fingerprint density at radius 1 is 0.296 bits per heavy atom. The molecule has 3 atom stereocenters. The number of nitrogens with zero attached hydrogens (tertiary/aromatic N) is 4. The van der Waals surface area contributed by atoms with Gasteiger partial charge in [0.05, 0.1) is 22.3 Å². The number of pyridine rings is 4. The Morgan fingerprint density at radius 3 is 1.22 bits per heavy atom. The average Bonchev–Trinajstić information content (AvgIpc) is 1.53. The molecule has 3 unspecified atom stereocenters. The van der Waals surface area contributed by atoms with Crippen LogP contribution in [-0.4, -0.2) is 0 Å². The third kappa shape index (κ3) is 10.9. The summed E-state index contributed by atoms with van der Waals surface area (Å²) in [5, 5.41) is 0. The van der Waals surface area contributed by atoms with Gasteiger partial charge in [0.2, 0.25) is 22.8 Å². The number of hydrogen-bond acceptors (Lipinski definition) is 0. The number of hydrogen-bond donors (Lipinski definition) is 0. The minimum Gasteiger partial charge on any atom is -0.201 e. The van der Waals surface area contributed by atoms with Crippen LogP contribution in [0.5, 0.6) is 0 Å². The number of aryl methyl sites for hydroxylation is 14. The van der Waals surface area contributed by atoms with Crippen LogP contribution in [0.15, 0.2) is 207 Å². The first-order chi connectivity index (χ1) is 55.0. The van der Waals surface area contributed by atoms with E-state index in [9.17, 15) is 0 Å². The molecule has 0 aliphatic heterocycles. The van der Waals surface area contributed by atoms with Crippen LogP contribution in [-0.2, 0) is 50.4 Å². The van der Waals surface area contributed by atoms with Crippen LogP contribution in [0.25, 0.3) is 89.5 Å². The minimum atomic E-state index is -2.98. The van der Waals surface area contributed by atoms with Gasteiger partial charge in [0, 0.05) is 103 Å². The van der Waals surface area contributed by atoms with E-state index in [0.717, 1.165) is 106 Å². The first kappa shape index (κ1) is 45.7. The molecule has 12 aromatic rings. The highest BCUT2D eigenvalue weighted by Gasteiger charge is 2.48. The molecule has 4 nitrogen and oxygen atoms in total. The third-order valence-electron chi connectivity index (χ3n) is 20.4. The molecule has 0 N–H and O–H groups in total. The van der Waals surface area contributed by atoms with Crippen molar-refractivity contribution in [3.63, 3.8) is 0 Å². The van der Waals surface area contributed by atoms with Gasteiger partial charge in [-0.15, -0.1) is 0 Å². The summed E-state index contributed by atoms with van der Waals surface area (Å²) in [6, 6.07) is 54.8. The molecular weight excluding hydrogens is 1200 g/mol. The lowest BCUT2D eigenvalue weighted by Crippen LogP contribution is -2.32. The van der Waals surface area contributed by atoms with Crippen molar-refractivity contribution in [1.82, 2.24) is 0 Å². The summed E-state index contributed by atoms with van der Waals surface area (Å²) >= 11 is 0. The molecule has 0 amide bonds. The molecule has 0 saturated heterocycles. The van der Waals surface area contributed by atoms with E-state index in [1.165, 1.54) is 24.4 Å². The lowest BCUT2D eigenvalue weighted by molar-refractivity contribution is -0.660. The summed E-state index contributed by atoms with van der Waals surface area (Å²) in [5.41, 5.74) is 19.2. The molecule has 492 valence electrons. The smallest absolute Gasteiger partial charge is 0.201 e. The summed E-state index contributed by atoms with van der Waals surface area (Å²) in [7, 11) is 7.23. The maximum absolute atomic E-state index is 15.2. The molecule has 4 heterocycles. The topological polar surface area (TPSA) is 15.5 Å². The molecule has 0 radical (unpaired) electrons. The molecule has 0 bridgehead atoms. The molecule has 4 aromatic heterocycles. The number of alkyl halides is 2. The van der Waals surface area contributed by atoms with Gasteiger partial charge in [0.15, 0.2) is 24.8 Å². The molecule has 16 rings (SSSR count). The van der Waals surface area contributed by atoms with Gasteiger partial charge in [-0.25, -0.2) is 18.3 Å². The monoisotopic (exact) mass is 1310 g/mol. The second-order valence-corrected chi connectivity index (χ2v) is 27.5. The molecule has 98 heavy (non-hydrogen) atoms. The van der Waals surface area contributed by atoms with E-state index in [2.05, 4.69) is 6.07 Å². The quantitative estimate of drug-likeness (QED) is 0.156. The van der Waals surface area contributed by atoms with E-state index < -0.39 is 70.1 Å². The van der Waals surface area contributed by atoms with Gasteiger partial charge in [-0.1, -0.05) is 180 Å².